The van der Waals surface area contributed by atoms with E-state index in [2.05, 4.69) is 36.5 Å². The Morgan fingerprint density at radius 3 is 2.71 bits per heavy atom. The second-order valence-corrected chi connectivity index (χ2v) is 6.98. The fraction of sp³-hybridized carbons (Fsp3) is 0.611. The van der Waals surface area contributed by atoms with Gasteiger partial charge in [-0.2, -0.15) is 0 Å². The first kappa shape index (κ1) is 14.6. The summed E-state index contributed by atoms with van der Waals surface area (Å²) in [5.74, 6) is 1.40. The normalized spacial score (nSPS) is 31.1. The number of rotatable bonds is 4. The van der Waals surface area contributed by atoms with Gasteiger partial charge in [-0.1, -0.05) is 31.2 Å². The summed E-state index contributed by atoms with van der Waals surface area (Å²) in [6, 6.07) is 8.52. The maximum Gasteiger partial charge on any atom is 0.227 e. The van der Waals surface area contributed by atoms with Gasteiger partial charge in [0.15, 0.2) is 0 Å². The van der Waals surface area contributed by atoms with Crippen LogP contribution in [-0.4, -0.2) is 19.0 Å². The van der Waals surface area contributed by atoms with Crippen LogP contribution < -0.4 is 11.1 Å². The Labute approximate surface area is 127 Å². The van der Waals surface area contributed by atoms with Crippen LogP contribution >= 0.6 is 0 Å². The van der Waals surface area contributed by atoms with Crippen LogP contribution in [0.1, 0.15) is 49.7 Å². The third kappa shape index (κ3) is 2.71. The van der Waals surface area contributed by atoms with E-state index >= 15 is 0 Å². The van der Waals surface area contributed by atoms with Gasteiger partial charge in [0.25, 0.3) is 0 Å². The number of amides is 1. The molecular weight excluding hydrogens is 260 g/mol. The molecule has 21 heavy (non-hydrogen) atoms. The van der Waals surface area contributed by atoms with Crippen molar-refractivity contribution in [3.63, 3.8) is 0 Å². The van der Waals surface area contributed by atoms with Crippen molar-refractivity contribution in [2.24, 2.45) is 17.1 Å². The number of benzene rings is 1. The smallest absolute Gasteiger partial charge is 0.227 e. The van der Waals surface area contributed by atoms with Gasteiger partial charge < -0.3 is 11.1 Å². The summed E-state index contributed by atoms with van der Waals surface area (Å²) in [4.78, 5) is 12.6. The number of nitrogens with one attached hydrogen (secondary N) is 1. The quantitative estimate of drug-likeness (QED) is 0.894. The molecule has 0 radical (unpaired) electrons. The summed E-state index contributed by atoms with van der Waals surface area (Å²) < 4.78 is 0. The Balaban J connectivity index is 1.57. The Morgan fingerprint density at radius 1 is 1.33 bits per heavy atom. The second kappa shape index (κ2) is 5.80. The molecule has 0 bridgehead atoms. The molecule has 1 amide bonds. The minimum Gasteiger partial charge on any atom is -0.355 e. The van der Waals surface area contributed by atoms with Crippen LogP contribution in [0, 0.1) is 11.3 Å². The maximum absolute atomic E-state index is 12.6. The van der Waals surface area contributed by atoms with Crippen molar-refractivity contribution < 1.29 is 4.79 Å². The molecule has 0 aromatic heterocycles. The van der Waals surface area contributed by atoms with Crippen molar-refractivity contribution >= 4 is 5.91 Å². The van der Waals surface area contributed by atoms with Crippen LogP contribution in [0.4, 0.5) is 0 Å². The third-order valence-electron chi connectivity index (χ3n) is 5.57. The van der Waals surface area contributed by atoms with Crippen molar-refractivity contribution in [2.75, 3.05) is 13.1 Å². The SMILES string of the molecule is CC1CCC(CN)(C(=O)NCC2Cc3ccccc32)CC1. The van der Waals surface area contributed by atoms with E-state index in [9.17, 15) is 4.79 Å². The van der Waals surface area contributed by atoms with Crippen LogP contribution in [0.3, 0.4) is 0 Å². The van der Waals surface area contributed by atoms with Crippen LogP contribution in [0.5, 0.6) is 0 Å². The van der Waals surface area contributed by atoms with E-state index < -0.39 is 0 Å². The van der Waals surface area contributed by atoms with E-state index in [-0.39, 0.29) is 11.3 Å². The lowest BCUT2D eigenvalue weighted by molar-refractivity contribution is -0.132. The number of carbonyl (C=O) groups excluding carboxylic acids is 1. The summed E-state index contributed by atoms with van der Waals surface area (Å²) in [7, 11) is 0. The molecule has 3 rings (SSSR count). The topological polar surface area (TPSA) is 55.1 Å². The minimum atomic E-state index is -0.310. The fourth-order valence-corrected chi connectivity index (χ4v) is 3.79. The molecule has 1 fully saturated rings. The number of carbonyl (C=O) groups is 1. The zero-order valence-electron chi connectivity index (χ0n) is 12.9. The number of nitrogens with two attached hydrogens (primary N) is 1. The summed E-state index contributed by atoms with van der Waals surface area (Å²) >= 11 is 0. The summed E-state index contributed by atoms with van der Waals surface area (Å²) in [6.45, 7) is 3.50. The van der Waals surface area contributed by atoms with Gasteiger partial charge in [-0.3, -0.25) is 4.79 Å². The molecule has 1 aromatic carbocycles. The second-order valence-electron chi connectivity index (χ2n) is 6.98. The average Bonchev–Trinajstić information content (AvgIpc) is 2.49. The van der Waals surface area contributed by atoms with E-state index in [1.807, 2.05) is 0 Å². The molecule has 2 aliphatic rings. The highest BCUT2D eigenvalue weighted by Gasteiger charge is 2.40. The van der Waals surface area contributed by atoms with Gasteiger partial charge in [-0.05, 0) is 49.1 Å². The van der Waals surface area contributed by atoms with Crippen LogP contribution in [0.15, 0.2) is 24.3 Å². The van der Waals surface area contributed by atoms with Gasteiger partial charge in [0.05, 0.1) is 5.41 Å². The molecule has 1 atom stereocenters. The Hall–Kier alpha value is -1.35. The Morgan fingerprint density at radius 2 is 2.05 bits per heavy atom. The highest BCUT2D eigenvalue weighted by Crippen LogP contribution is 2.39. The lowest BCUT2D eigenvalue weighted by Gasteiger charge is -2.38. The average molecular weight is 286 g/mol. The third-order valence-corrected chi connectivity index (χ3v) is 5.57. The molecule has 0 aliphatic heterocycles. The molecule has 2 aliphatic carbocycles. The highest BCUT2D eigenvalue weighted by atomic mass is 16.2. The van der Waals surface area contributed by atoms with E-state index in [0.29, 0.717) is 12.5 Å². The summed E-state index contributed by atoms with van der Waals surface area (Å²) in [5.41, 5.74) is 8.47. The maximum atomic E-state index is 12.6. The van der Waals surface area contributed by atoms with Crippen molar-refractivity contribution in [3.05, 3.63) is 35.4 Å². The Kier molecular flexibility index (Phi) is 4.03. The predicted molar refractivity (Wildman–Crippen MR) is 85.0 cm³/mol. The molecule has 3 nitrogen and oxygen atoms in total. The molecule has 1 aromatic rings. The van der Waals surface area contributed by atoms with Gasteiger partial charge in [0.1, 0.15) is 0 Å². The van der Waals surface area contributed by atoms with Crippen molar-refractivity contribution in [1.82, 2.24) is 5.32 Å². The van der Waals surface area contributed by atoms with Crippen molar-refractivity contribution in [2.45, 2.75) is 44.9 Å². The molecule has 1 saturated carbocycles. The lowest BCUT2D eigenvalue weighted by Crippen LogP contribution is -2.49. The van der Waals surface area contributed by atoms with Crippen molar-refractivity contribution in [3.8, 4) is 0 Å². The van der Waals surface area contributed by atoms with E-state index in [1.54, 1.807) is 0 Å². The Bertz CT molecular complexity index is 518. The molecular formula is C18H26N2O. The summed E-state index contributed by atoms with van der Waals surface area (Å²) in [5, 5.41) is 3.18. The summed E-state index contributed by atoms with van der Waals surface area (Å²) in [6.07, 6.45) is 5.21. The highest BCUT2D eigenvalue weighted by molar-refractivity contribution is 5.83. The molecule has 1 unspecified atom stereocenters. The van der Waals surface area contributed by atoms with Crippen LogP contribution in [-0.2, 0) is 11.2 Å². The van der Waals surface area contributed by atoms with Gasteiger partial charge in [-0.15, -0.1) is 0 Å². The van der Waals surface area contributed by atoms with E-state index in [0.717, 1.165) is 44.6 Å². The van der Waals surface area contributed by atoms with Gasteiger partial charge in [-0.25, -0.2) is 0 Å². The molecule has 0 heterocycles. The number of fused-ring (bicyclic) bond motifs is 1. The molecule has 3 heteroatoms. The first-order chi connectivity index (χ1) is 10.1. The van der Waals surface area contributed by atoms with Crippen molar-refractivity contribution in [1.29, 1.82) is 0 Å². The number of hydrogen-bond acceptors (Lipinski definition) is 2. The zero-order chi connectivity index (χ0) is 14.9. The largest absolute Gasteiger partial charge is 0.355 e. The van der Waals surface area contributed by atoms with Gasteiger partial charge in [0.2, 0.25) is 5.91 Å². The molecule has 3 N–H and O–H groups in total. The number of hydrogen-bond donors (Lipinski definition) is 2. The molecule has 0 spiro atoms. The molecule has 114 valence electrons. The van der Waals surface area contributed by atoms with E-state index in [1.165, 1.54) is 11.1 Å². The van der Waals surface area contributed by atoms with Gasteiger partial charge >= 0.3 is 0 Å². The zero-order valence-corrected chi connectivity index (χ0v) is 12.9. The fourth-order valence-electron chi connectivity index (χ4n) is 3.79. The monoisotopic (exact) mass is 286 g/mol. The lowest BCUT2D eigenvalue weighted by atomic mass is 9.70. The first-order valence-electron chi connectivity index (χ1n) is 8.21. The minimum absolute atomic E-state index is 0.182. The molecule has 0 saturated heterocycles. The van der Waals surface area contributed by atoms with E-state index in [4.69, 9.17) is 5.73 Å². The van der Waals surface area contributed by atoms with Gasteiger partial charge in [0, 0.05) is 19.0 Å². The standard InChI is InChI=1S/C18H26N2O/c1-13-6-8-18(12-19,9-7-13)17(21)20-11-15-10-14-4-2-3-5-16(14)15/h2-5,13,15H,6-12,19H2,1H3,(H,20,21). The first-order valence-corrected chi connectivity index (χ1v) is 8.21. The predicted octanol–water partition coefficient (Wildman–Crippen LogP) is 2.60. The van der Waals surface area contributed by atoms with Crippen LogP contribution in [0.2, 0.25) is 0 Å². The van der Waals surface area contributed by atoms with Crippen LogP contribution in [0.25, 0.3) is 0 Å².